The molecule has 0 bridgehead atoms. The Bertz CT molecular complexity index is 728. The lowest BCUT2D eigenvalue weighted by atomic mass is 10.0. The summed E-state index contributed by atoms with van der Waals surface area (Å²) in [6.07, 6.45) is 5.28. The second-order valence-corrected chi connectivity index (χ2v) is 7.58. The Kier molecular flexibility index (Phi) is 6.40. The average molecular weight is 375 g/mol. The number of hydrogen-bond acceptors (Lipinski definition) is 5. The average Bonchev–Trinajstić information content (AvgIpc) is 3.29. The van der Waals surface area contributed by atoms with Gasteiger partial charge in [-0.15, -0.1) is 11.3 Å². The molecule has 2 amide bonds. The standard InChI is InChI=1S/C18H25N5O2S/c1-14-5-2-3-10-22(14)11-9-19-17(24)18(25)21-16-7-8-20-23(16)13-15-6-4-12-26-15/h4,6-8,12,14H,2-3,5,9-11,13H2,1H3,(H,19,24)(H,21,25). The lowest BCUT2D eigenvalue weighted by molar-refractivity contribution is -0.136. The van der Waals surface area contributed by atoms with Crippen LogP contribution < -0.4 is 10.6 Å². The largest absolute Gasteiger partial charge is 0.347 e. The normalized spacial score (nSPS) is 17.8. The fourth-order valence-corrected chi connectivity index (χ4v) is 3.86. The van der Waals surface area contributed by atoms with Crippen molar-refractivity contribution in [3.8, 4) is 0 Å². The third kappa shape index (κ3) is 4.92. The maximum Gasteiger partial charge on any atom is 0.314 e. The van der Waals surface area contributed by atoms with E-state index in [0.29, 0.717) is 24.9 Å². The predicted molar refractivity (Wildman–Crippen MR) is 102 cm³/mol. The van der Waals surface area contributed by atoms with Gasteiger partial charge in [0.25, 0.3) is 0 Å². The number of aromatic nitrogens is 2. The highest BCUT2D eigenvalue weighted by Gasteiger charge is 2.19. The number of rotatable bonds is 6. The minimum absolute atomic E-state index is 0.477. The highest BCUT2D eigenvalue weighted by Crippen LogP contribution is 2.15. The lowest BCUT2D eigenvalue weighted by Crippen LogP contribution is -2.44. The van der Waals surface area contributed by atoms with Gasteiger partial charge in [0, 0.05) is 30.1 Å². The van der Waals surface area contributed by atoms with Gasteiger partial charge in [-0.25, -0.2) is 4.68 Å². The SMILES string of the molecule is CC1CCCCN1CCNC(=O)C(=O)Nc1ccnn1Cc1cccs1. The third-order valence-electron chi connectivity index (χ3n) is 4.68. The van der Waals surface area contributed by atoms with E-state index in [1.807, 2.05) is 17.5 Å². The van der Waals surface area contributed by atoms with Crippen LogP contribution in [0.4, 0.5) is 5.82 Å². The number of amides is 2. The molecule has 1 aliphatic rings. The molecule has 3 heterocycles. The van der Waals surface area contributed by atoms with Gasteiger partial charge < -0.3 is 10.6 Å². The molecule has 7 nitrogen and oxygen atoms in total. The molecule has 1 unspecified atom stereocenters. The van der Waals surface area contributed by atoms with E-state index in [2.05, 4.69) is 27.6 Å². The zero-order chi connectivity index (χ0) is 18.4. The Balaban J connectivity index is 1.46. The van der Waals surface area contributed by atoms with Crippen molar-refractivity contribution in [1.82, 2.24) is 20.0 Å². The predicted octanol–water partition coefficient (Wildman–Crippen LogP) is 1.92. The number of nitrogens with zero attached hydrogens (tertiary/aromatic N) is 3. The zero-order valence-electron chi connectivity index (χ0n) is 15.0. The van der Waals surface area contributed by atoms with Crippen LogP contribution in [0.3, 0.4) is 0 Å². The van der Waals surface area contributed by atoms with E-state index in [4.69, 9.17) is 0 Å². The van der Waals surface area contributed by atoms with Gasteiger partial charge in [0.1, 0.15) is 5.82 Å². The molecule has 0 aliphatic carbocycles. The van der Waals surface area contributed by atoms with E-state index in [9.17, 15) is 9.59 Å². The molecule has 1 atom stereocenters. The Morgan fingerprint density at radius 2 is 2.19 bits per heavy atom. The first kappa shape index (κ1) is 18.6. The Morgan fingerprint density at radius 1 is 1.31 bits per heavy atom. The molecule has 2 N–H and O–H groups in total. The molecular formula is C18H25N5O2S. The van der Waals surface area contributed by atoms with Crippen LogP contribution in [0.5, 0.6) is 0 Å². The number of thiophene rings is 1. The highest BCUT2D eigenvalue weighted by molar-refractivity contribution is 7.09. The van der Waals surface area contributed by atoms with Gasteiger partial charge in [-0.3, -0.25) is 14.5 Å². The molecule has 0 spiro atoms. The zero-order valence-corrected chi connectivity index (χ0v) is 15.8. The second-order valence-electron chi connectivity index (χ2n) is 6.54. The van der Waals surface area contributed by atoms with E-state index in [1.165, 1.54) is 19.3 Å². The van der Waals surface area contributed by atoms with Gasteiger partial charge in [-0.05, 0) is 37.8 Å². The first-order chi connectivity index (χ1) is 12.6. The Labute approximate surface area is 157 Å². The summed E-state index contributed by atoms with van der Waals surface area (Å²) in [7, 11) is 0. The van der Waals surface area contributed by atoms with Gasteiger partial charge >= 0.3 is 11.8 Å². The Hall–Kier alpha value is -2.19. The summed E-state index contributed by atoms with van der Waals surface area (Å²) in [5.74, 6) is -0.758. The first-order valence-electron chi connectivity index (χ1n) is 9.01. The smallest absolute Gasteiger partial charge is 0.314 e. The van der Waals surface area contributed by atoms with Crippen molar-refractivity contribution < 1.29 is 9.59 Å². The molecule has 0 aromatic carbocycles. The van der Waals surface area contributed by atoms with Crippen molar-refractivity contribution in [2.24, 2.45) is 0 Å². The van der Waals surface area contributed by atoms with Gasteiger partial charge in [0.2, 0.25) is 0 Å². The van der Waals surface area contributed by atoms with Crippen LogP contribution in [0.1, 0.15) is 31.1 Å². The van der Waals surface area contributed by atoms with E-state index in [1.54, 1.807) is 28.3 Å². The van der Waals surface area contributed by atoms with Crippen LogP contribution in [0.2, 0.25) is 0 Å². The molecule has 26 heavy (non-hydrogen) atoms. The van der Waals surface area contributed by atoms with Crippen molar-refractivity contribution in [1.29, 1.82) is 0 Å². The molecule has 2 aromatic rings. The molecule has 0 saturated carbocycles. The van der Waals surface area contributed by atoms with Crippen molar-refractivity contribution in [3.63, 3.8) is 0 Å². The lowest BCUT2D eigenvalue weighted by Gasteiger charge is -2.33. The second kappa shape index (κ2) is 8.95. The molecule has 2 aromatic heterocycles. The molecule has 3 rings (SSSR count). The highest BCUT2D eigenvalue weighted by atomic mass is 32.1. The summed E-state index contributed by atoms with van der Waals surface area (Å²) in [4.78, 5) is 27.7. The monoisotopic (exact) mass is 375 g/mol. The van der Waals surface area contributed by atoms with Gasteiger partial charge in [-0.2, -0.15) is 5.10 Å². The van der Waals surface area contributed by atoms with Crippen LogP contribution >= 0.6 is 11.3 Å². The number of hydrogen-bond donors (Lipinski definition) is 2. The van der Waals surface area contributed by atoms with Crippen molar-refractivity contribution >= 4 is 29.0 Å². The molecule has 1 fully saturated rings. The van der Waals surface area contributed by atoms with Crippen LogP contribution in [0, 0.1) is 0 Å². The minimum Gasteiger partial charge on any atom is -0.347 e. The molecule has 140 valence electrons. The summed E-state index contributed by atoms with van der Waals surface area (Å²) in [6, 6.07) is 6.21. The topological polar surface area (TPSA) is 79.3 Å². The third-order valence-corrected chi connectivity index (χ3v) is 5.54. The number of piperidine rings is 1. The van der Waals surface area contributed by atoms with Crippen molar-refractivity contribution in [2.75, 3.05) is 25.0 Å². The molecular weight excluding hydrogens is 350 g/mol. The molecule has 0 radical (unpaired) electrons. The fraction of sp³-hybridized carbons (Fsp3) is 0.500. The van der Waals surface area contributed by atoms with Gasteiger partial charge in [0.15, 0.2) is 0 Å². The number of carbonyl (C=O) groups excluding carboxylic acids is 2. The summed E-state index contributed by atoms with van der Waals surface area (Å²) < 4.78 is 1.67. The van der Waals surface area contributed by atoms with Crippen molar-refractivity contribution in [3.05, 3.63) is 34.7 Å². The van der Waals surface area contributed by atoms with Crippen LogP contribution in [-0.2, 0) is 16.1 Å². The molecule has 1 aliphatic heterocycles. The van der Waals surface area contributed by atoms with Crippen LogP contribution in [0.25, 0.3) is 0 Å². The molecule has 1 saturated heterocycles. The number of nitrogens with one attached hydrogen (secondary N) is 2. The van der Waals surface area contributed by atoms with Crippen LogP contribution in [0.15, 0.2) is 29.8 Å². The quantitative estimate of drug-likeness (QED) is 0.756. The van der Waals surface area contributed by atoms with E-state index in [0.717, 1.165) is 18.0 Å². The van der Waals surface area contributed by atoms with E-state index in [-0.39, 0.29) is 0 Å². The summed E-state index contributed by atoms with van der Waals surface area (Å²) in [6.45, 7) is 5.09. The van der Waals surface area contributed by atoms with Crippen molar-refractivity contribution in [2.45, 2.75) is 38.8 Å². The number of anilines is 1. The van der Waals surface area contributed by atoms with Gasteiger partial charge in [-0.1, -0.05) is 12.5 Å². The maximum atomic E-state index is 12.1. The maximum absolute atomic E-state index is 12.1. The van der Waals surface area contributed by atoms with Gasteiger partial charge in [0.05, 0.1) is 12.7 Å². The summed E-state index contributed by atoms with van der Waals surface area (Å²) >= 11 is 1.62. The fourth-order valence-electron chi connectivity index (χ4n) is 3.17. The van der Waals surface area contributed by atoms with E-state index >= 15 is 0 Å². The van der Waals surface area contributed by atoms with E-state index < -0.39 is 11.8 Å². The Morgan fingerprint density at radius 3 is 2.96 bits per heavy atom. The van der Waals surface area contributed by atoms with Crippen LogP contribution in [-0.4, -0.2) is 52.2 Å². The number of carbonyl (C=O) groups is 2. The number of likely N-dealkylation sites (tertiary alicyclic amines) is 1. The first-order valence-corrected chi connectivity index (χ1v) is 9.89. The summed E-state index contributed by atoms with van der Waals surface area (Å²) in [5.41, 5.74) is 0. The summed E-state index contributed by atoms with van der Waals surface area (Å²) in [5, 5.41) is 11.5. The molecule has 8 heteroatoms. The minimum atomic E-state index is -0.662.